The van der Waals surface area contributed by atoms with Crippen LogP contribution in [0.3, 0.4) is 0 Å². The molecule has 5 nitrogen and oxygen atoms in total. The average molecular weight is 203 g/mol. The molecule has 0 amide bonds. The van der Waals surface area contributed by atoms with E-state index in [-0.39, 0.29) is 6.04 Å². The van der Waals surface area contributed by atoms with Gasteiger partial charge in [0, 0.05) is 24.0 Å². The summed E-state index contributed by atoms with van der Waals surface area (Å²) in [5, 5.41) is 8.77. The van der Waals surface area contributed by atoms with Crippen molar-refractivity contribution in [3.63, 3.8) is 0 Å². The Balaban J connectivity index is 2.42. The molecule has 5 heteroatoms. The van der Waals surface area contributed by atoms with Crippen LogP contribution in [0.25, 0.3) is 11.0 Å². The third kappa shape index (κ3) is 1.87. The standard InChI is InChI=1S/C10H13N5/c1-6(11)4-8(12)9-7-2-3-13-10(7)15-5-14-9/h2-3,5-6,12H,4,11H2,1H3,(H,13,14,15)/t6-/m1/s1. The molecule has 78 valence electrons. The first-order valence-corrected chi connectivity index (χ1v) is 4.80. The predicted octanol–water partition coefficient (Wildman–Crippen LogP) is 1.06. The quantitative estimate of drug-likeness (QED) is 0.651. The van der Waals surface area contributed by atoms with Crippen LogP contribution in [-0.2, 0) is 0 Å². The highest BCUT2D eigenvalue weighted by molar-refractivity contribution is 6.06. The third-order valence-corrected chi connectivity index (χ3v) is 2.17. The summed E-state index contributed by atoms with van der Waals surface area (Å²) < 4.78 is 0. The molecule has 0 saturated carbocycles. The Morgan fingerprint density at radius 1 is 1.60 bits per heavy atom. The first kappa shape index (κ1) is 9.79. The van der Waals surface area contributed by atoms with E-state index in [0.29, 0.717) is 17.8 Å². The number of aromatic amines is 1. The van der Waals surface area contributed by atoms with Gasteiger partial charge in [0.15, 0.2) is 0 Å². The third-order valence-electron chi connectivity index (χ3n) is 2.17. The molecule has 0 aliphatic heterocycles. The summed E-state index contributed by atoms with van der Waals surface area (Å²) in [7, 11) is 0. The normalized spacial score (nSPS) is 12.9. The number of nitrogens with one attached hydrogen (secondary N) is 2. The number of rotatable bonds is 3. The van der Waals surface area contributed by atoms with Gasteiger partial charge in [0.25, 0.3) is 0 Å². The molecule has 0 aliphatic carbocycles. The van der Waals surface area contributed by atoms with Crippen molar-refractivity contribution in [1.29, 1.82) is 5.41 Å². The SMILES string of the molecule is C[C@@H](N)CC(=N)c1ncnc2[nH]ccc12. The minimum absolute atomic E-state index is 0.0264. The minimum atomic E-state index is -0.0264. The van der Waals surface area contributed by atoms with E-state index < -0.39 is 0 Å². The lowest BCUT2D eigenvalue weighted by molar-refractivity contribution is 0.775. The molecular formula is C10H13N5. The zero-order valence-corrected chi connectivity index (χ0v) is 8.49. The van der Waals surface area contributed by atoms with E-state index in [4.69, 9.17) is 11.1 Å². The van der Waals surface area contributed by atoms with Gasteiger partial charge in [0.05, 0.1) is 11.4 Å². The largest absolute Gasteiger partial charge is 0.346 e. The maximum absolute atomic E-state index is 7.90. The Morgan fingerprint density at radius 2 is 2.40 bits per heavy atom. The second-order valence-corrected chi connectivity index (χ2v) is 3.62. The van der Waals surface area contributed by atoms with E-state index in [9.17, 15) is 0 Å². The Kier molecular flexibility index (Phi) is 2.47. The summed E-state index contributed by atoms with van der Waals surface area (Å²) in [6.45, 7) is 1.88. The van der Waals surface area contributed by atoms with Gasteiger partial charge in [-0.05, 0) is 13.0 Å². The fourth-order valence-corrected chi connectivity index (χ4v) is 1.53. The van der Waals surface area contributed by atoms with Crippen LogP contribution in [0.5, 0.6) is 0 Å². The van der Waals surface area contributed by atoms with Crippen molar-refractivity contribution in [3.05, 3.63) is 24.3 Å². The number of fused-ring (bicyclic) bond motifs is 1. The lowest BCUT2D eigenvalue weighted by Crippen LogP contribution is -2.20. The van der Waals surface area contributed by atoms with Crippen molar-refractivity contribution < 1.29 is 0 Å². The molecule has 15 heavy (non-hydrogen) atoms. The number of nitrogens with two attached hydrogens (primary N) is 1. The van der Waals surface area contributed by atoms with E-state index in [1.807, 2.05) is 13.0 Å². The van der Waals surface area contributed by atoms with E-state index in [1.165, 1.54) is 6.33 Å². The van der Waals surface area contributed by atoms with Crippen molar-refractivity contribution in [3.8, 4) is 0 Å². The van der Waals surface area contributed by atoms with Crippen LogP contribution >= 0.6 is 0 Å². The van der Waals surface area contributed by atoms with Crippen LogP contribution in [0, 0.1) is 5.41 Å². The first-order chi connectivity index (χ1) is 7.18. The summed E-state index contributed by atoms with van der Waals surface area (Å²) in [6, 6.07) is 1.85. The van der Waals surface area contributed by atoms with Crippen molar-refractivity contribution in [1.82, 2.24) is 15.0 Å². The number of nitrogens with zero attached hydrogens (tertiary/aromatic N) is 2. The zero-order valence-electron chi connectivity index (χ0n) is 8.49. The van der Waals surface area contributed by atoms with Gasteiger partial charge in [-0.15, -0.1) is 0 Å². The molecule has 0 unspecified atom stereocenters. The summed E-state index contributed by atoms with van der Waals surface area (Å²) in [4.78, 5) is 11.2. The monoisotopic (exact) mass is 203 g/mol. The van der Waals surface area contributed by atoms with Gasteiger partial charge in [-0.25, -0.2) is 9.97 Å². The second kappa shape index (κ2) is 3.78. The smallest absolute Gasteiger partial charge is 0.141 e. The summed E-state index contributed by atoms with van der Waals surface area (Å²) >= 11 is 0. The molecule has 2 heterocycles. The van der Waals surface area contributed by atoms with Gasteiger partial charge in [0.1, 0.15) is 12.0 Å². The van der Waals surface area contributed by atoms with E-state index >= 15 is 0 Å². The topological polar surface area (TPSA) is 91.4 Å². The summed E-state index contributed by atoms with van der Waals surface area (Å²) in [6.07, 6.45) is 3.78. The van der Waals surface area contributed by atoms with Gasteiger partial charge in [0.2, 0.25) is 0 Å². The van der Waals surface area contributed by atoms with Gasteiger partial charge in [-0.2, -0.15) is 0 Å². The highest BCUT2D eigenvalue weighted by Gasteiger charge is 2.10. The lowest BCUT2D eigenvalue weighted by atomic mass is 10.1. The van der Waals surface area contributed by atoms with Crippen LogP contribution in [0.15, 0.2) is 18.6 Å². The molecule has 2 aromatic heterocycles. The number of H-pyrrole nitrogens is 1. The van der Waals surface area contributed by atoms with Crippen molar-refractivity contribution in [2.75, 3.05) is 0 Å². The molecule has 0 radical (unpaired) electrons. The minimum Gasteiger partial charge on any atom is -0.346 e. The lowest BCUT2D eigenvalue weighted by Gasteiger charge is -2.06. The fourth-order valence-electron chi connectivity index (χ4n) is 1.53. The van der Waals surface area contributed by atoms with Crippen LogP contribution in [0.1, 0.15) is 19.0 Å². The van der Waals surface area contributed by atoms with Crippen LogP contribution in [0.2, 0.25) is 0 Å². The van der Waals surface area contributed by atoms with Crippen molar-refractivity contribution >= 4 is 16.7 Å². The first-order valence-electron chi connectivity index (χ1n) is 4.80. The number of aromatic nitrogens is 3. The number of hydrogen-bond donors (Lipinski definition) is 3. The number of hydrogen-bond acceptors (Lipinski definition) is 4. The Hall–Kier alpha value is -1.75. The molecule has 2 rings (SSSR count). The van der Waals surface area contributed by atoms with Crippen LogP contribution < -0.4 is 5.73 Å². The Bertz CT molecular complexity index is 485. The molecular weight excluding hydrogens is 190 g/mol. The van der Waals surface area contributed by atoms with Gasteiger partial charge >= 0.3 is 0 Å². The second-order valence-electron chi connectivity index (χ2n) is 3.62. The average Bonchev–Trinajstić information content (AvgIpc) is 2.63. The Labute approximate surface area is 87.2 Å². The highest BCUT2D eigenvalue weighted by Crippen LogP contribution is 2.14. The molecule has 0 bridgehead atoms. The van der Waals surface area contributed by atoms with E-state index in [0.717, 1.165) is 11.0 Å². The maximum atomic E-state index is 7.90. The van der Waals surface area contributed by atoms with Gasteiger partial charge in [-0.3, -0.25) is 0 Å². The van der Waals surface area contributed by atoms with E-state index in [1.54, 1.807) is 6.20 Å². The predicted molar refractivity (Wildman–Crippen MR) is 59.0 cm³/mol. The Morgan fingerprint density at radius 3 is 3.13 bits per heavy atom. The summed E-state index contributed by atoms with van der Waals surface area (Å²) in [5.41, 5.74) is 7.54. The summed E-state index contributed by atoms with van der Waals surface area (Å²) in [5.74, 6) is 0. The van der Waals surface area contributed by atoms with Crippen LogP contribution in [-0.4, -0.2) is 26.7 Å². The van der Waals surface area contributed by atoms with E-state index in [2.05, 4.69) is 15.0 Å². The molecule has 0 aromatic carbocycles. The van der Waals surface area contributed by atoms with Crippen molar-refractivity contribution in [2.45, 2.75) is 19.4 Å². The van der Waals surface area contributed by atoms with Gasteiger partial charge < -0.3 is 16.1 Å². The molecule has 4 N–H and O–H groups in total. The van der Waals surface area contributed by atoms with Crippen LogP contribution in [0.4, 0.5) is 0 Å². The molecule has 0 saturated heterocycles. The molecule has 2 aromatic rings. The maximum Gasteiger partial charge on any atom is 0.141 e. The fraction of sp³-hybridized carbons (Fsp3) is 0.300. The van der Waals surface area contributed by atoms with Crippen molar-refractivity contribution in [2.24, 2.45) is 5.73 Å². The van der Waals surface area contributed by atoms with Gasteiger partial charge in [-0.1, -0.05) is 0 Å². The highest BCUT2D eigenvalue weighted by atomic mass is 14.9. The molecule has 1 atom stereocenters. The zero-order chi connectivity index (χ0) is 10.8. The molecule has 0 fully saturated rings. The molecule has 0 spiro atoms. The molecule has 0 aliphatic rings.